The molecule has 1 saturated heterocycles. The van der Waals surface area contributed by atoms with E-state index in [0.717, 1.165) is 19.4 Å². The van der Waals surface area contributed by atoms with E-state index in [-0.39, 0.29) is 18.6 Å². The fraction of sp³-hybridized carbons (Fsp3) is 0.350. The van der Waals surface area contributed by atoms with Gasteiger partial charge in [0.1, 0.15) is 0 Å². The molecule has 2 amide bonds. The van der Waals surface area contributed by atoms with E-state index in [2.05, 4.69) is 41.7 Å². The summed E-state index contributed by atoms with van der Waals surface area (Å²) in [5.74, 6) is 0.235. The Hall–Kier alpha value is -2.33. The number of hydrogen-bond acceptors (Lipinski definition) is 2. The van der Waals surface area contributed by atoms with Gasteiger partial charge in [-0.1, -0.05) is 54.6 Å². The molecule has 0 spiro atoms. The molecule has 24 heavy (non-hydrogen) atoms. The normalized spacial score (nSPS) is 17.0. The zero-order valence-corrected chi connectivity index (χ0v) is 13.8. The van der Waals surface area contributed by atoms with Crippen LogP contribution in [0, 0.1) is 5.92 Å². The summed E-state index contributed by atoms with van der Waals surface area (Å²) in [6, 6.07) is 18.7. The van der Waals surface area contributed by atoms with E-state index in [0.29, 0.717) is 13.1 Å². The van der Waals surface area contributed by atoms with E-state index in [9.17, 15) is 4.79 Å². The predicted octanol–water partition coefficient (Wildman–Crippen LogP) is 2.92. The summed E-state index contributed by atoms with van der Waals surface area (Å²) in [7, 11) is 0. The Labute approximate surface area is 143 Å². The largest absolute Gasteiger partial charge is 0.396 e. The molecule has 1 fully saturated rings. The number of urea groups is 1. The van der Waals surface area contributed by atoms with Gasteiger partial charge in [0.25, 0.3) is 0 Å². The highest BCUT2D eigenvalue weighted by Gasteiger charge is 2.25. The third-order valence-electron chi connectivity index (χ3n) is 4.56. The van der Waals surface area contributed by atoms with Gasteiger partial charge in [0.15, 0.2) is 0 Å². The molecule has 3 rings (SSSR count). The Kier molecular flexibility index (Phi) is 5.49. The third kappa shape index (κ3) is 4.15. The first-order valence-corrected chi connectivity index (χ1v) is 8.54. The molecule has 0 saturated carbocycles. The fourth-order valence-corrected chi connectivity index (χ4v) is 3.13. The van der Waals surface area contributed by atoms with E-state index in [1.165, 1.54) is 16.7 Å². The van der Waals surface area contributed by atoms with Crippen LogP contribution >= 0.6 is 0 Å². The van der Waals surface area contributed by atoms with Gasteiger partial charge in [0.2, 0.25) is 0 Å². The Morgan fingerprint density at radius 1 is 1.12 bits per heavy atom. The molecule has 126 valence electrons. The minimum absolute atomic E-state index is 0.0230. The second-order valence-corrected chi connectivity index (χ2v) is 6.33. The maximum absolute atomic E-state index is 12.1. The molecule has 1 unspecified atom stereocenters. The van der Waals surface area contributed by atoms with Crippen molar-refractivity contribution in [3.05, 3.63) is 60.2 Å². The van der Waals surface area contributed by atoms with Gasteiger partial charge in [0.05, 0.1) is 0 Å². The first-order chi connectivity index (χ1) is 11.8. The number of rotatable bonds is 5. The van der Waals surface area contributed by atoms with Crippen molar-refractivity contribution in [1.82, 2.24) is 10.2 Å². The Balaban J connectivity index is 1.51. The van der Waals surface area contributed by atoms with E-state index < -0.39 is 0 Å². The molecule has 4 heteroatoms. The second-order valence-electron chi connectivity index (χ2n) is 6.33. The molecule has 2 aromatic carbocycles. The van der Waals surface area contributed by atoms with Gasteiger partial charge in [-0.3, -0.25) is 0 Å². The van der Waals surface area contributed by atoms with Crippen molar-refractivity contribution in [2.75, 3.05) is 26.2 Å². The van der Waals surface area contributed by atoms with Crippen molar-refractivity contribution in [2.45, 2.75) is 12.8 Å². The summed E-state index contributed by atoms with van der Waals surface area (Å²) in [5.41, 5.74) is 3.62. The van der Waals surface area contributed by atoms with E-state index in [1.54, 1.807) is 4.90 Å². The maximum atomic E-state index is 12.1. The lowest BCUT2D eigenvalue weighted by molar-refractivity contribution is 0.198. The average molecular weight is 324 g/mol. The number of aliphatic hydroxyl groups excluding tert-OH is 1. The summed E-state index contributed by atoms with van der Waals surface area (Å²) in [4.78, 5) is 13.9. The van der Waals surface area contributed by atoms with Crippen LogP contribution in [-0.4, -0.2) is 42.3 Å². The number of nitrogens with zero attached hydrogens (tertiary/aromatic N) is 1. The van der Waals surface area contributed by atoms with Crippen LogP contribution in [0.5, 0.6) is 0 Å². The second kappa shape index (κ2) is 7.97. The van der Waals surface area contributed by atoms with E-state index >= 15 is 0 Å². The summed E-state index contributed by atoms with van der Waals surface area (Å²) < 4.78 is 0. The van der Waals surface area contributed by atoms with Gasteiger partial charge >= 0.3 is 6.03 Å². The monoisotopic (exact) mass is 324 g/mol. The van der Waals surface area contributed by atoms with E-state index in [4.69, 9.17) is 5.11 Å². The molecule has 2 aromatic rings. The topological polar surface area (TPSA) is 52.6 Å². The van der Waals surface area contributed by atoms with Crippen molar-refractivity contribution in [1.29, 1.82) is 0 Å². The van der Waals surface area contributed by atoms with Gasteiger partial charge in [-0.15, -0.1) is 0 Å². The summed E-state index contributed by atoms with van der Waals surface area (Å²) in [6.45, 7) is 2.18. The minimum Gasteiger partial charge on any atom is -0.396 e. The highest BCUT2D eigenvalue weighted by atomic mass is 16.3. The van der Waals surface area contributed by atoms with Crippen LogP contribution in [0.3, 0.4) is 0 Å². The van der Waals surface area contributed by atoms with Gasteiger partial charge < -0.3 is 15.3 Å². The number of carbonyl (C=O) groups is 1. The Morgan fingerprint density at radius 2 is 1.92 bits per heavy atom. The summed E-state index contributed by atoms with van der Waals surface area (Å²) in [5, 5.41) is 12.1. The molecule has 2 N–H and O–H groups in total. The number of aliphatic hydroxyl groups is 1. The molecule has 0 bridgehead atoms. The lowest BCUT2D eigenvalue weighted by atomic mass is 10.0. The summed E-state index contributed by atoms with van der Waals surface area (Å²) in [6.07, 6.45) is 1.70. The van der Waals surface area contributed by atoms with Crippen molar-refractivity contribution >= 4 is 6.03 Å². The van der Waals surface area contributed by atoms with Crippen LogP contribution in [0.25, 0.3) is 11.1 Å². The standard InChI is InChI=1S/C20H24N2O2/c23-15-17-10-12-22(14-17)20(24)21-11-9-16-5-4-8-19(13-16)18-6-2-1-3-7-18/h1-8,13,17,23H,9-12,14-15H2,(H,21,24). The Bertz CT molecular complexity index is 672. The zero-order valence-electron chi connectivity index (χ0n) is 13.8. The number of benzene rings is 2. The molecule has 1 aliphatic heterocycles. The van der Waals surface area contributed by atoms with Crippen molar-refractivity contribution in [3.63, 3.8) is 0 Å². The molecular weight excluding hydrogens is 300 g/mol. The van der Waals surface area contributed by atoms with Crippen LogP contribution in [-0.2, 0) is 6.42 Å². The summed E-state index contributed by atoms with van der Waals surface area (Å²) >= 11 is 0. The molecule has 1 atom stereocenters. The predicted molar refractivity (Wildman–Crippen MR) is 95.7 cm³/mol. The Morgan fingerprint density at radius 3 is 2.67 bits per heavy atom. The van der Waals surface area contributed by atoms with Gasteiger partial charge in [-0.25, -0.2) is 4.79 Å². The maximum Gasteiger partial charge on any atom is 0.317 e. The number of carbonyl (C=O) groups excluding carboxylic acids is 1. The lowest BCUT2D eigenvalue weighted by Crippen LogP contribution is -2.39. The lowest BCUT2D eigenvalue weighted by Gasteiger charge is -2.17. The highest BCUT2D eigenvalue weighted by molar-refractivity contribution is 5.74. The molecular formula is C20H24N2O2. The van der Waals surface area contributed by atoms with Gasteiger partial charge in [-0.05, 0) is 29.5 Å². The quantitative estimate of drug-likeness (QED) is 0.888. The van der Waals surface area contributed by atoms with E-state index in [1.807, 2.05) is 18.2 Å². The zero-order chi connectivity index (χ0) is 16.8. The molecule has 0 aliphatic carbocycles. The van der Waals surface area contributed by atoms with Gasteiger partial charge in [-0.2, -0.15) is 0 Å². The number of nitrogens with one attached hydrogen (secondary N) is 1. The SMILES string of the molecule is O=C(NCCc1cccc(-c2ccccc2)c1)N1CCC(CO)C1. The first kappa shape index (κ1) is 16.5. The first-order valence-electron chi connectivity index (χ1n) is 8.54. The minimum atomic E-state index is -0.0230. The molecule has 0 radical (unpaired) electrons. The van der Waals surface area contributed by atoms with Crippen LogP contribution < -0.4 is 5.32 Å². The van der Waals surface area contributed by atoms with Crippen molar-refractivity contribution in [2.24, 2.45) is 5.92 Å². The molecule has 4 nitrogen and oxygen atoms in total. The number of likely N-dealkylation sites (tertiary alicyclic amines) is 1. The fourth-order valence-electron chi connectivity index (χ4n) is 3.13. The molecule has 1 aliphatic rings. The third-order valence-corrected chi connectivity index (χ3v) is 4.56. The van der Waals surface area contributed by atoms with Crippen LogP contribution in [0.1, 0.15) is 12.0 Å². The molecule has 1 heterocycles. The average Bonchev–Trinajstić information content (AvgIpc) is 3.12. The van der Waals surface area contributed by atoms with Crippen LogP contribution in [0.4, 0.5) is 4.79 Å². The number of amides is 2. The number of hydrogen-bond donors (Lipinski definition) is 2. The molecule has 0 aromatic heterocycles. The van der Waals surface area contributed by atoms with Gasteiger partial charge in [0, 0.05) is 32.2 Å². The smallest absolute Gasteiger partial charge is 0.317 e. The van der Waals surface area contributed by atoms with Crippen LogP contribution in [0.2, 0.25) is 0 Å². The highest BCUT2D eigenvalue weighted by Crippen LogP contribution is 2.20. The van der Waals surface area contributed by atoms with Crippen molar-refractivity contribution in [3.8, 4) is 11.1 Å². The van der Waals surface area contributed by atoms with Crippen LogP contribution in [0.15, 0.2) is 54.6 Å². The van der Waals surface area contributed by atoms with Crippen molar-refractivity contribution < 1.29 is 9.90 Å².